The topological polar surface area (TPSA) is 83.5 Å². The molecule has 64 valence electrons. The predicted molar refractivity (Wildman–Crippen MR) is 37.7 cm³/mol. The molecule has 0 aromatic heterocycles. The molecule has 1 rings (SSSR count). The van der Waals surface area contributed by atoms with Gasteiger partial charge in [-0.15, -0.1) is 0 Å². The van der Waals surface area contributed by atoms with Crippen molar-refractivity contribution >= 4 is 15.7 Å². The fourth-order valence-electron chi connectivity index (χ4n) is 0.975. The number of carbonyl (C=O) groups excluding carboxylic acids is 1. The van der Waals surface area contributed by atoms with E-state index in [0.717, 1.165) is 0 Å². The number of hydrogen-bond acceptors (Lipinski definition) is 4. The molecule has 5 nitrogen and oxygen atoms in total. The van der Waals surface area contributed by atoms with Crippen LogP contribution in [0.5, 0.6) is 0 Å². The molecular formula is C5H9NO4S. The SMILES string of the molecule is O=C1CS(=O)(=O)CC(CO)N1. The van der Waals surface area contributed by atoms with Crippen LogP contribution in [0.15, 0.2) is 0 Å². The van der Waals surface area contributed by atoms with E-state index in [-0.39, 0.29) is 12.4 Å². The molecule has 1 atom stereocenters. The van der Waals surface area contributed by atoms with Crippen LogP contribution in [0.3, 0.4) is 0 Å². The summed E-state index contributed by atoms with van der Waals surface area (Å²) in [5.41, 5.74) is 0. The highest BCUT2D eigenvalue weighted by molar-refractivity contribution is 7.92. The van der Waals surface area contributed by atoms with Gasteiger partial charge in [-0.2, -0.15) is 0 Å². The minimum Gasteiger partial charge on any atom is -0.394 e. The second-order valence-electron chi connectivity index (χ2n) is 2.50. The summed E-state index contributed by atoms with van der Waals surface area (Å²) in [5, 5.41) is 10.9. The first kappa shape index (κ1) is 8.48. The molecule has 1 amide bonds. The Balaban J connectivity index is 2.74. The molecule has 1 aliphatic heterocycles. The number of nitrogens with one attached hydrogen (secondary N) is 1. The summed E-state index contributed by atoms with van der Waals surface area (Å²) in [4.78, 5) is 10.6. The highest BCUT2D eigenvalue weighted by atomic mass is 32.2. The van der Waals surface area contributed by atoms with E-state index in [9.17, 15) is 13.2 Å². The Kier molecular flexibility index (Phi) is 2.15. The van der Waals surface area contributed by atoms with Gasteiger partial charge in [0.1, 0.15) is 5.75 Å². The maximum atomic E-state index is 10.9. The Morgan fingerprint density at radius 1 is 1.64 bits per heavy atom. The van der Waals surface area contributed by atoms with Crippen LogP contribution in [0.1, 0.15) is 0 Å². The highest BCUT2D eigenvalue weighted by Gasteiger charge is 2.28. The van der Waals surface area contributed by atoms with Crippen molar-refractivity contribution in [2.75, 3.05) is 18.1 Å². The summed E-state index contributed by atoms with van der Waals surface area (Å²) in [5.74, 6) is -1.14. The van der Waals surface area contributed by atoms with Crippen molar-refractivity contribution in [2.24, 2.45) is 0 Å². The van der Waals surface area contributed by atoms with Crippen LogP contribution >= 0.6 is 0 Å². The molecule has 0 spiro atoms. The van der Waals surface area contributed by atoms with Gasteiger partial charge in [0.2, 0.25) is 5.91 Å². The van der Waals surface area contributed by atoms with E-state index in [1.54, 1.807) is 0 Å². The average molecular weight is 179 g/mol. The van der Waals surface area contributed by atoms with E-state index in [4.69, 9.17) is 5.11 Å². The van der Waals surface area contributed by atoms with E-state index >= 15 is 0 Å². The first-order chi connectivity index (χ1) is 5.03. The first-order valence-electron chi connectivity index (χ1n) is 3.14. The summed E-state index contributed by atoms with van der Waals surface area (Å²) in [6.45, 7) is -0.328. The minimum atomic E-state index is -3.27. The van der Waals surface area contributed by atoms with Crippen molar-refractivity contribution in [3.63, 3.8) is 0 Å². The number of carbonyl (C=O) groups is 1. The van der Waals surface area contributed by atoms with Gasteiger partial charge in [0.15, 0.2) is 9.84 Å². The molecule has 0 saturated carbocycles. The van der Waals surface area contributed by atoms with Gasteiger partial charge in [-0.1, -0.05) is 0 Å². The number of hydrogen-bond donors (Lipinski definition) is 2. The van der Waals surface area contributed by atoms with Crippen LogP contribution in [0.4, 0.5) is 0 Å². The zero-order valence-electron chi connectivity index (χ0n) is 5.78. The smallest absolute Gasteiger partial charge is 0.235 e. The maximum absolute atomic E-state index is 10.9. The van der Waals surface area contributed by atoms with Crippen LogP contribution in [0, 0.1) is 0 Å². The Morgan fingerprint density at radius 2 is 2.27 bits per heavy atom. The summed E-state index contributed by atoms with van der Waals surface area (Å²) in [6, 6.07) is -0.624. The highest BCUT2D eigenvalue weighted by Crippen LogP contribution is 2.00. The van der Waals surface area contributed by atoms with Gasteiger partial charge in [-0.3, -0.25) is 4.79 Å². The summed E-state index contributed by atoms with van der Waals surface area (Å²) < 4.78 is 21.7. The van der Waals surface area contributed by atoms with Crippen LogP contribution in [0.2, 0.25) is 0 Å². The van der Waals surface area contributed by atoms with E-state index in [1.807, 2.05) is 0 Å². The molecule has 1 aliphatic rings. The molecule has 0 bridgehead atoms. The van der Waals surface area contributed by atoms with Gasteiger partial charge in [0.05, 0.1) is 18.4 Å². The van der Waals surface area contributed by atoms with Gasteiger partial charge in [0.25, 0.3) is 0 Å². The van der Waals surface area contributed by atoms with Crippen molar-refractivity contribution in [1.82, 2.24) is 5.32 Å². The van der Waals surface area contributed by atoms with Crippen molar-refractivity contribution in [3.8, 4) is 0 Å². The van der Waals surface area contributed by atoms with Crippen molar-refractivity contribution in [1.29, 1.82) is 0 Å². The second kappa shape index (κ2) is 2.78. The van der Waals surface area contributed by atoms with Crippen LogP contribution in [0.25, 0.3) is 0 Å². The predicted octanol–water partition coefficient (Wildman–Crippen LogP) is -2.11. The standard InChI is InChI=1S/C5H9NO4S/c7-1-4-2-11(9,10)3-5(8)6-4/h4,7H,1-3H2,(H,6,8). The Labute approximate surface area is 64.3 Å². The summed E-state index contributed by atoms with van der Waals surface area (Å²) in [7, 11) is -3.27. The van der Waals surface area contributed by atoms with Crippen molar-refractivity contribution in [3.05, 3.63) is 0 Å². The quantitative estimate of drug-likeness (QED) is 0.482. The zero-order chi connectivity index (χ0) is 8.48. The fourth-order valence-corrected chi connectivity index (χ4v) is 2.38. The van der Waals surface area contributed by atoms with Gasteiger partial charge in [0, 0.05) is 0 Å². The van der Waals surface area contributed by atoms with E-state index in [2.05, 4.69) is 5.32 Å². The molecule has 0 aromatic rings. The van der Waals surface area contributed by atoms with Crippen LogP contribution in [-0.2, 0) is 14.6 Å². The zero-order valence-corrected chi connectivity index (χ0v) is 6.60. The minimum absolute atomic E-state index is 0.157. The molecule has 6 heteroatoms. The van der Waals surface area contributed by atoms with Crippen molar-refractivity contribution < 1.29 is 18.3 Å². The van der Waals surface area contributed by atoms with Gasteiger partial charge >= 0.3 is 0 Å². The number of aliphatic hydroxyl groups excluding tert-OH is 1. The number of sulfone groups is 1. The monoisotopic (exact) mass is 179 g/mol. The largest absolute Gasteiger partial charge is 0.394 e. The number of aliphatic hydroxyl groups is 1. The van der Waals surface area contributed by atoms with Gasteiger partial charge in [-0.05, 0) is 0 Å². The Morgan fingerprint density at radius 3 is 2.73 bits per heavy atom. The molecule has 1 saturated heterocycles. The van der Waals surface area contributed by atoms with Crippen molar-refractivity contribution in [2.45, 2.75) is 6.04 Å². The maximum Gasteiger partial charge on any atom is 0.235 e. The van der Waals surface area contributed by atoms with E-state index < -0.39 is 27.5 Å². The lowest BCUT2D eigenvalue weighted by atomic mass is 10.3. The Hall–Kier alpha value is -0.620. The third kappa shape index (κ3) is 2.16. The molecule has 0 radical (unpaired) electrons. The lowest BCUT2D eigenvalue weighted by Crippen LogP contribution is -2.50. The van der Waals surface area contributed by atoms with Crippen LogP contribution < -0.4 is 5.32 Å². The van der Waals surface area contributed by atoms with Gasteiger partial charge in [-0.25, -0.2) is 8.42 Å². The van der Waals surface area contributed by atoms with Crippen LogP contribution in [-0.4, -0.2) is 43.6 Å². The summed E-state index contributed by atoms with van der Waals surface area (Å²) >= 11 is 0. The molecule has 1 unspecified atom stereocenters. The van der Waals surface area contributed by atoms with E-state index in [0.29, 0.717) is 0 Å². The lowest BCUT2D eigenvalue weighted by molar-refractivity contribution is -0.119. The molecular weight excluding hydrogens is 170 g/mol. The molecule has 1 heterocycles. The molecule has 1 fully saturated rings. The molecule has 0 aliphatic carbocycles. The lowest BCUT2D eigenvalue weighted by Gasteiger charge is -2.20. The fraction of sp³-hybridized carbons (Fsp3) is 0.800. The third-order valence-corrected chi connectivity index (χ3v) is 3.00. The Bertz CT molecular complexity index is 258. The van der Waals surface area contributed by atoms with Gasteiger partial charge < -0.3 is 10.4 Å². The van der Waals surface area contributed by atoms with E-state index in [1.165, 1.54) is 0 Å². The third-order valence-electron chi connectivity index (χ3n) is 1.39. The summed E-state index contributed by atoms with van der Waals surface area (Å²) in [6.07, 6.45) is 0. The number of rotatable bonds is 1. The average Bonchev–Trinajstić information content (AvgIpc) is 1.83. The molecule has 2 N–H and O–H groups in total. The normalized spacial score (nSPS) is 29.5. The molecule has 11 heavy (non-hydrogen) atoms. The first-order valence-corrected chi connectivity index (χ1v) is 4.96. The molecule has 0 aromatic carbocycles. The second-order valence-corrected chi connectivity index (χ2v) is 4.61. The number of amides is 1.